The van der Waals surface area contributed by atoms with Gasteiger partial charge in [0.15, 0.2) is 0 Å². The maximum absolute atomic E-state index is 12.3. The van der Waals surface area contributed by atoms with Crippen LogP contribution in [0.1, 0.15) is 18.7 Å². The lowest BCUT2D eigenvalue weighted by atomic mass is 10.1. The first-order valence-electron chi connectivity index (χ1n) is 7.65. The van der Waals surface area contributed by atoms with Crippen LogP contribution in [0, 0.1) is 5.92 Å². The molecule has 1 unspecified atom stereocenters. The molecule has 3 rings (SSSR count). The maximum Gasteiger partial charge on any atom is 0.227 e. The number of amides is 1. The molecule has 0 aromatic carbocycles. The monoisotopic (exact) mass is 398 g/mol. The summed E-state index contributed by atoms with van der Waals surface area (Å²) in [6, 6.07) is 1.95. The van der Waals surface area contributed by atoms with Crippen molar-refractivity contribution in [3.8, 4) is 10.7 Å². The minimum absolute atomic E-state index is 0.169. The fourth-order valence-electron chi connectivity index (χ4n) is 2.77. The van der Waals surface area contributed by atoms with E-state index in [0.717, 1.165) is 35.4 Å². The van der Waals surface area contributed by atoms with Crippen LogP contribution in [-0.2, 0) is 11.2 Å². The highest BCUT2D eigenvalue weighted by atomic mass is 79.9. The van der Waals surface area contributed by atoms with Crippen LogP contribution < -0.4 is 5.32 Å². The predicted octanol–water partition coefficient (Wildman–Crippen LogP) is 2.56. The summed E-state index contributed by atoms with van der Waals surface area (Å²) < 4.78 is 6.25. The number of hydrogen-bond acceptors (Lipinski definition) is 6. The van der Waals surface area contributed by atoms with Crippen LogP contribution >= 0.6 is 27.3 Å². The van der Waals surface area contributed by atoms with E-state index < -0.39 is 0 Å². The Bertz CT molecular complexity index is 672. The second-order valence-corrected chi connectivity index (χ2v) is 7.52. The number of halogens is 1. The molecule has 0 spiro atoms. The largest absolute Gasteiger partial charge is 0.342 e. The molecule has 2 aromatic heterocycles. The topological polar surface area (TPSA) is 71.3 Å². The average Bonchev–Trinajstić information content (AvgIpc) is 3.25. The van der Waals surface area contributed by atoms with Crippen molar-refractivity contribution in [3.05, 3.63) is 21.8 Å². The van der Waals surface area contributed by atoms with E-state index in [0.29, 0.717) is 30.5 Å². The zero-order chi connectivity index (χ0) is 16.2. The number of nitrogens with one attached hydrogen (secondary N) is 1. The van der Waals surface area contributed by atoms with E-state index in [2.05, 4.69) is 31.4 Å². The Hall–Kier alpha value is -1.25. The second-order valence-electron chi connectivity index (χ2n) is 5.69. The molecule has 1 aliphatic rings. The van der Waals surface area contributed by atoms with Crippen LogP contribution in [0.25, 0.3) is 10.7 Å². The summed E-state index contributed by atoms with van der Waals surface area (Å²) in [5.74, 6) is 1.83. The maximum atomic E-state index is 12.3. The molecule has 1 amide bonds. The third kappa shape index (κ3) is 4.19. The van der Waals surface area contributed by atoms with Gasteiger partial charge in [-0.2, -0.15) is 4.98 Å². The molecular formula is C15H19BrN4O2S. The van der Waals surface area contributed by atoms with Gasteiger partial charge in [0.1, 0.15) is 0 Å². The summed E-state index contributed by atoms with van der Waals surface area (Å²) in [6.07, 6.45) is 1.98. The van der Waals surface area contributed by atoms with E-state index in [1.165, 1.54) is 0 Å². The third-order valence-corrected chi connectivity index (χ3v) is 5.63. The zero-order valence-corrected chi connectivity index (χ0v) is 15.3. The number of likely N-dealkylation sites (tertiary alicyclic amines) is 1. The minimum Gasteiger partial charge on any atom is -0.342 e. The van der Waals surface area contributed by atoms with E-state index in [1.807, 2.05) is 23.4 Å². The Labute approximate surface area is 147 Å². The number of aromatic nitrogens is 2. The van der Waals surface area contributed by atoms with Gasteiger partial charge in [-0.3, -0.25) is 4.79 Å². The Morgan fingerprint density at radius 2 is 2.48 bits per heavy atom. The number of aryl methyl sites for hydroxylation is 1. The Balaban J connectivity index is 1.51. The van der Waals surface area contributed by atoms with Crippen molar-refractivity contribution in [3.63, 3.8) is 0 Å². The van der Waals surface area contributed by atoms with Gasteiger partial charge in [0.2, 0.25) is 17.6 Å². The number of rotatable bonds is 6. The molecule has 0 bridgehead atoms. The van der Waals surface area contributed by atoms with Crippen LogP contribution in [0.3, 0.4) is 0 Å². The van der Waals surface area contributed by atoms with Gasteiger partial charge in [-0.25, -0.2) is 0 Å². The second kappa shape index (κ2) is 7.55. The lowest BCUT2D eigenvalue weighted by Crippen LogP contribution is -2.30. The first-order chi connectivity index (χ1) is 11.2. The van der Waals surface area contributed by atoms with Gasteiger partial charge in [0.05, 0.1) is 4.88 Å². The molecular weight excluding hydrogens is 380 g/mol. The summed E-state index contributed by atoms with van der Waals surface area (Å²) in [4.78, 5) is 19.5. The van der Waals surface area contributed by atoms with E-state index >= 15 is 0 Å². The Kier molecular flexibility index (Phi) is 5.45. The van der Waals surface area contributed by atoms with Crippen LogP contribution in [0.15, 0.2) is 20.4 Å². The van der Waals surface area contributed by atoms with Crippen LogP contribution in [0.2, 0.25) is 0 Å². The minimum atomic E-state index is 0.169. The van der Waals surface area contributed by atoms with E-state index in [1.54, 1.807) is 11.3 Å². The van der Waals surface area contributed by atoms with Crippen LogP contribution in [-0.4, -0.2) is 47.6 Å². The Morgan fingerprint density at radius 3 is 3.22 bits per heavy atom. The van der Waals surface area contributed by atoms with Crippen molar-refractivity contribution in [1.29, 1.82) is 0 Å². The summed E-state index contributed by atoms with van der Waals surface area (Å²) in [7, 11) is 1.95. The van der Waals surface area contributed by atoms with Gasteiger partial charge in [0, 0.05) is 35.8 Å². The first-order valence-corrected chi connectivity index (χ1v) is 9.32. The van der Waals surface area contributed by atoms with Crippen LogP contribution in [0.4, 0.5) is 0 Å². The molecule has 6 nitrogen and oxygen atoms in total. The number of hydrogen-bond donors (Lipinski definition) is 1. The smallest absolute Gasteiger partial charge is 0.227 e. The van der Waals surface area contributed by atoms with Gasteiger partial charge < -0.3 is 14.7 Å². The van der Waals surface area contributed by atoms with Gasteiger partial charge in [-0.15, -0.1) is 11.3 Å². The molecule has 1 saturated heterocycles. The number of nitrogens with zero attached hydrogens (tertiary/aromatic N) is 3. The fourth-order valence-corrected chi connectivity index (χ4v) is 4.12. The van der Waals surface area contributed by atoms with Crippen molar-refractivity contribution >= 4 is 33.2 Å². The van der Waals surface area contributed by atoms with Gasteiger partial charge >= 0.3 is 0 Å². The highest BCUT2D eigenvalue weighted by Crippen LogP contribution is 2.27. The quantitative estimate of drug-likeness (QED) is 0.809. The lowest BCUT2D eigenvalue weighted by molar-refractivity contribution is -0.130. The standard InChI is InChI=1S/C15H19BrN4O2S/c1-17-7-10-4-5-20(8-10)14(21)3-2-13-18-15(19-22-13)12-6-11(16)9-23-12/h6,9-10,17H,2-5,7-8H2,1H3. The molecule has 8 heteroatoms. The molecule has 124 valence electrons. The molecule has 1 fully saturated rings. The summed E-state index contributed by atoms with van der Waals surface area (Å²) in [5.41, 5.74) is 0. The molecule has 23 heavy (non-hydrogen) atoms. The number of carbonyl (C=O) groups excluding carboxylic acids is 1. The highest BCUT2D eigenvalue weighted by molar-refractivity contribution is 9.10. The lowest BCUT2D eigenvalue weighted by Gasteiger charge is -2.15. The van der Waals surface area contributed by atoms with E-state index in [-0.39, 0.29) is 5.91 Å². The van der Waals surface area contributed by atoms with E-state index in [9.17, 15) is 4.79 Å². The molecule has 1 N–H and O–H groups in total. The normalized spacial score (nSPS) is 17.8. The molecule has 0 radical (unpaired) electrons. The molecule has 0 saturated carbocycles. The third-order valence-electron chi connectivity index (χ3n) is 3.94. The molecule has 2 aromatic rings. The Morgan fingerprint density at radius 1 is 1.61 bits per heavy atom. The van der Waals surface area contributed by atoms with E-state index in [4.69, 9.17) is 4.52 Å². The molecule has 1 aliphatic heterocycles. The number of carbonyl (C=O) groups is 1. The van der Waals surface area contributed by atoms with Gasteiger partial charge in [-0.1, -0.05) is 5.16 Å². The first kappa shape index (κ1) is 16.6. The summed E-state index contributed by atoms with van der Waals surface area (Å²) >= 11 is 4.96. The summed E-state index contributed by atoms with van der Waals surface area (Å²) in [6.45, 7) is 2.66. The summed E-state index contributed by atoms with van der Waals surface area (Å²) in [5, 5.41) is 9.13. The van der Waals surface area contributed by atoms with Gasteiger partial charge in [-0.05, 0) is 47.9 Å². The molecule has 0 aliphatic carbocycles. The van der Waals surface area contributed by atoms with Crippen molar-refractivity contribution in [2.75, 3.05) is 26.7 Å². The fraction of sp³-hybridized carbons (Fsp3) is 0.533. The SMILES string of the molecule is CNCC1CCN(C(=O)CCc2nc(-c3cc(Br)cs3)no2)C1. The highest BCUT2D eigenvalue weighted by Gasteiger charge is 2.25. The van der Waals surface area contributed by atoms with Gasteiger partial charge in [0.25, 0.3) is 0 Å². The molecule has 3 heterocycles. The molecule has 1 atom stereocenters. The van der Waals surface area contributed by atoms with Crippen LogP contribution in [0.5, 0.6) is 0 Å². The van der Waals surface area contributed by atoms with Crippen molar-refractivity contribution in [2.24, 2.45) is 5.92 Å². The van der Waals surface area contributed by atoms with Crippen molar-refractivity contribution in [2.45, 2.75) is 19.3 Å². The van der Waals surface area contributed by atoms with Crippen molar-refractivity contribution < 1.29 is 9.32 Å². The van der Waals surface area contributed by atoms with Crippen molar-refractivity contribution in [1.82, 2.24) is 20.4 Å². The average molecular weight is 399 g/mol. The predicted molar refractivity (Wildman–Crippen MR) is 92.2 cm³/mol. The zero-order valence-electron chi connectivity index (χ0n) is 12.9. The number of thiophene rings is 1.